The summed E-state index contributed by atoms with van der Waals surface area (Å²) in [5.41, 5.74) is 0.934. The van der Waals surface area contributed by atoms with Crippen molar-refractivity contribution in [1.82, 2.24) is 14.9 Å². The standard InChI is InChI=1S/C12H18ClN3O/c1-9-6-10(13)15-11(14-9)7-16-4-5-17-8-12(16,2)3/h6H,4-5,7-8H2,1-3H3. The summed E-state index contributed by atoms with van der Waals surface area (Å²) in [6.07, 6.45) is 0. The molecule has 1 aromatic rings. The highest BCUT2D eigenvalue weighted by molar-refractivity contribution is 6.29. The zero-order chi connectivity index (χ0) is 12.5. The van der Waals surface area contributed by atoms with E-state index in [0.717, 1.165) is 37.8 Å². The van der Waals surface area contributed by atoms with E-state index in [0.29, 0.717) is 5.15 Å². The van der Waals surface area contributed by atoms with Crippen LogP contribution in [0.25, 0.3) is 0 Å². The lowest BCUT2D eigenvalue weighted by Crippen LogP contribution is -2.52. The second kappa shape index (κ2) is 4.88. The lowest BCUT2D eigenvalue weighted by molar-refractivity contribution is -0.0563. The van der Waals surface area contributed by atoms with Crippen molar-refractivity contribution in [3.8, 4) is 0 Å². The molecular weight excluding hydrogens is 238 g/mol. The second-order valence-corrected chi connectivity index (χ2v) is 5.42. The molecule has 0 spiro atoms. The maximum absolute atomic E-state index is 5.94. The van der Waals surface area contributed by atoms with Crippen molar-refractivity contribution >= 4 is 11.6 Å². The minimum atomic E-state index is 0.0256. The molecule has 0 N–H and O–H groups in total. The van der Waals surface area contributed by atoms with E-state index in [9.17, 15) is 0 Å². The molecule has 94 valence electrons. The number of morpholine rings is 1. The van der Waals surface area contributed by atoms with Gasteiger partial charge in [0.15, 0.2) is 0 Å². The van der Waals surface area contributed by atoms with Crippen LogP contribution in [0.2, 0.25) is 5.15 Å². The summed E-state index contributed by atoms with van der Waals surface area (Å²) in [5, 5.41) is 0.513. The van der Waals surface area contributed by atoms with Gasteiger partial charge >= 0.3 is 0 Å². The lowest BCUT2D eigenvalue weighted by atomic mass is 10.0. The Morgan fingerprint density at radius 3 is 2.88 bits per heavy atom. The molecule has 0 aromatic carbocycles. The molecule has 0 bridgehead atoms. The molecular formula is C12H18ClN3O. The van der Waals surface area contributed by atoms with E-state index in [1.165, 1.54) is 0 Å². The van der Waals surface area contributed by atoms with Crippen LogP contribution in [0.4, 0.5) is 0 Å². The molecule has 0 saturated carbocycles. The fourth-order valence-corrected chi connectivity index (χ4v) is 2.27. The third-order valence-electron chi connectivity index (χ3n) is 3.02. The van der Waals surface area contributed by atoms with Gasteiger partial charge < -0.3 is 4.74 Å². The summed E-state index contributed by atoms with van der Waals surface area (Å²) in [6, 6.07) is 1.77. The molecule has 1 aliphatic heterocycles. The SMILES string of the molecule is Cc1cc(Cl)nc(CN2CCOCC2(C)C)n1. The van der Waals surface area contributed by atoms with Crippen molar-refractivity contribution in [1.29, 1.82) is 0 Å². The van der Waals surface area contributed by atoms with Gasteiger partial charge in [0, 0.05) is 17.8 Å². The molecule has 0 atom stereocenters. The molecule has 0 aliphatic carbocycles. The van der Waals surface area contributed by atoms with Crippen LogP contribution in [-0.4, -0.2) is 40.2 Å². The van der Waals surface area contributed by atoms with Crippen molar-refractivity contribution in [3.63, 3.8) is 0 Å². The Balaban J connectivity index is 2.14. The molecule has 5 heteroatoms. The van der Waals surface area contributed by atoms with Crippen LogP contribution in [0.1, 0.15) is 25.4 Å². The van der Waals surface area contributed by atoms with Gasteiger partial charge in [-0.05, 0) is 26.8 Å². The van der Waals surface area contributed by atoms with E-state index >= 15 is 0 Å². The zero-order valence-electron chi connectivity index (χ0n) is 10.5. The number of hydrogen-bond donors (Lipinski definition) is 0. The van der Waals surface area contributed by atoms with Gasteiger partial charge in [-0.15, -0.1) is 0 Å². The topological polar surface area (TPSA) is 38.2 Å². The summed E-state index contributed by atoms with van der Waals surface area (Å²) in [4.78, 5) is 11.0. The molecule has 0 unspecified atom stereocenters. The third kappa shape index (κ3) is 3.15. The normalized spacial score (nSPS) is 20.5. The van der Waals surface area contributed by atoms with Crippen LogP contribution in [-0.2, 0) is 11.3 Å². The van der Waals surface area contributed by atoms with E-state index in [-0.39, 0.29) is 5.54 Å². The Kier molecular flexibility index (Phi) is 3.66. The molecule has 2 heterocycles. The number of aromatic nitrogens is 2. The predicted molar refractivity (Wildman–Crippen MR) is 67.1 cm³/mol. The fraction of sp³-hybridized carbons (Fsp3) is 0.667. The van der Waals surface area contributed by atoms with Crippen molar-refractivity contribution in [2.24, 2.45) is 0 Å². The first-order valence-corrected chi connectivity index (χ1v) is 6.18. The molecule has 1 aliphatic rings. The van der Waals surface area contributed by atoms with Gasteiger partial charge in [0.25, 0.3) is 0 Å². The van der Waals surface area contributed by atoms with E-state index in [1.807, 2.05) is 6.92 Å². The molecule has 17 heavy (non-hydrogen) atoms. The van der Waals surface area contributed by atoms with Crippen molar-refractivity contribution in [3.05, 3.63) is 22.7 Å². The second-order valence-electron chi connectivity index (χ2n) is 5.03. The van der Waals surface area contributed by atoms with Crippen molar-refractivity contribution < 1.29 is 4.74 Å². The molecule has 1 aromatic heterocycles. The highest BCUT2D eigenvalue weighted by Crippen LogP contribution is 2.21. The minimum absolute atomic E-state index is 0.0256. The largest absolute Gasteiger partial charge is 0.378 e. The Hall–Kier alpha value is -0.710. The summed E-state index contributed by atoms with van der Waals surface area (Å²) in [6.45, 7) is 9.41. The van der Waals surface area contributed by atoms with Crippen molar-refractivity contribution in [2.75, 3.05) is 19.8 Å². The summed E-state index contributed by atoms with van der Waals surface area (Å²) in [7, 11) is 0. The predicted octanol–water partition coefficient (Wildman–Crippen LogP) is 2.05. The monoisotopic (exact) mass is 255 g/mol. The highest BCUT2D eigenvalue weighted by atomic mass is 35.5. The Bertz CT molecular complexity index is 388. The summed E-state index contributed by atoms with van der Waals surface area (Å²) < 4.78 is 5.49. The minimum Gasteiger partial charge on any atom is -0.378 e. The lowest BCUT2D eigenvalue weighted by Gasteiger charge is -2.41. The fourth-order valence-electron chi connectivity index (χ4n) is 2.01. The number of rotatable bonds is 2. The highest BCUT2D eigenvalue weighted by Gasteiger charge is 2.30. The maximum atomic E-state index is 5.94. The number of aryl methyl sites for hydroxylation is 1. The number of hydrogen-bond acceptors (Lipinski definition) is 4. The Labute approximate surface area is 107 Å². The molecule has 0 radical (unpaired) electrons. The molecule has 2 rings (SSSR count). The average molecular weight is 256 g/mol. The smallest absolute Gasteiger partial charge is 0.144 e. The number of halogens is 1. The van der Waals surface area contributed by atoms with Gasteiger partial charge in [-0.3, -0.25) is 4.90 Å². The van der Waals surface area contributed by atoms with E-state index in [4.69, 9.17) is 16.3 Å². The first kappa shape index (κ1) is 12.7. The first-order chi connectivity index (χ1) is 7.97. The van der Waals surface area contributed by atoms with E-state index in [1.54, 1.807) is 6.07 Å². The van der Waals surface area contributed by atoms with Gasteiger partial charge in [0.1, 0.15) is 11.0 Å². The zero-order valence-corrected chi connectivity index (χ0v) is 11.3. The van der Waals surface area contributed by atoms with Gasteiger partial charge in [-0.25, -0.2) is 9.97 Å². The quantitative estimate of drug-likeness (QED) is 0.759. The van der Waals surface area contributed by atoms with Crippen LogP contribution in [0, 0.1) is 6.92 Å². The van der Waals surface area contributed by atoms with Crippen molar-refractivity contribution in [2.45, 2.75) is 32.9 Å². The Morgan fingerprint density at radius 1 is 1.47 bits per heavy atom. The van der Waals surface area contributed by atoms with Crippen LogP contribution < -0.4 is 0 Å². The molecule has 1 saturated heterocycles. The van der Waals surface area contributed by atoms with Gasteiger partial charge in [-0.2, -0.15) is 0 Å². The van der Waals surface area contributed by atoms with Gasteiger partial charge in [0.2, 0.25) is 0 Å². The van der Waals surface area contributed by atoms with Gasteiger partial charge in [0.05, 0.1) is 19.8 Å². The molecule has 4 nitrogen and oxygen atoms in total. The van der Waals surface area contributed by atoms with Gasteiger partial charge in [-0.1, -0.05) is 11.6 Å². The summed E-state index contributed by atoms with van der Waals surface area (Å²) >= 11 is 5.94. The molecule has 1 fully saturated rings. The maximum Gasteiger partial charge on any atom is 0.144 e. The molecule has 0 amide bonds. The first-order valence-electron chi connectivity index (χ1n) is 5.80. The van der Waals surface area contributed by atoms with Crippen LogP contribution in [0.15, 0.2) is 6.07 Å². The Morgan fingerprint density at radius 2 is 2.24 bits per heavy atom. The number of nitrogens with zero attached hydrogens (tertiary/aromatic N) is 3. The summed E-state index contributed by atoms with van der Waals surface area (Å²) in [5.74, 6) is 0.782. The average Bonchev–Trinajstić information content (AvgIpc) is 2.19. The third-order valence-corrected chi connectivity index (χ3v) is 3.21. The van der Waals surface area contributed by atoms with Crippen LogP contribution >= 0.6 is 11.6 Å². The van der Waals surface area contributed by atoms with Crippen LogP contribution in [0.3, 0.4) is 0 Å². The van der Waals surface area contributed by atoms with Crippen LogP contribution in [0.5, 0.6) is 0 Å². The van der Waals surface area contributed by atoms with E-state index < -0.39 is 0 Å². The number of ether oxygens (including phenoxy) is 1. The van der Waals surface area contributed by atoms with E-state index in [2.05, 4.69) is 28.7 Å².